The van der Waals surface area contributed by atoms with Crippen molar-refractivity contribution in [1.82, 2.24) is 5.43 Å². The van der Waals surface area contributed by atoms with Crippen molar-refractivity contribution in [3.05, 3.63) is 63.6 Å². The highest BCUT2D eigenvalue weighted by Crippen LogP contribution is 2.22. The Hall–Kier alpha value is -2.04. The number of carbonyl (C=O) groups is 2. The van der Waals surface area contributed by atoms with Gasteiger partial charge in [-0.05, 0) is 49.4 Å². The number of nitrogens with one attached hydrogen (secondary N) is 2. The molecular formula is C15H12Cl2N2O2. The summed E-state index contributed by atoms with van der Waals surface area (Å²) in [5.41, 5.74) is 6.95. The zero-order chi connectivity index (χ0) is 15.4. The SMILES string of the molecule is CC(=O)c1ccc(NNC(=O)c2ccc(Cl)c(Cl)c2)cc1. The number of ketones is 1. The number of benzene rings is 2. The molecule has 0 unspecified atom stereocenters. The predicted molar refractivity (Wildman–Crippen MR) is 84.0 cm³/mol. The maximum absolute atomic E-state index is 11.9. The molecule has 2 rings (SSSR count). The third kappa shape index (κ3) is 3.97. The lowest BCUT2D eigenvalue weighted by atomic mass is 10.1. The Morgan fingerprint density at radius 3 is 2.10 bits per heavy atom. The van der Waals surface area contributed by atoms with Gasteiger partial charge >= 0.3 is 0 Å². The molecule has 0 aromatic heterocycles. The van der Waals surface area contributed by atoms with Crippen LogP contribution < -0.4 is 10.9 Å². The summed E-state index contributed by atoms with van der Waals surface area (Å²) in [6.07, 6.45) is 0. The van der Waals surface area contributed by atoms with Crippen molar-refractivity contribution in [1.29, 1.82) is 0 Å². The number of halogens is 2. The van der Waals surface area contributed by atoms with Gasteiger partial charge in [-0.3, -0.25) is 20.4 Å². The van der Waals surface area contributed by atoms with Crippen LogP contribution >= 0.6 is 23.2 Å². The van der Waals surface area contributed by atoms with Crippen LogP contribution in [0.1, 0.15) is 27.6 Å². The van der Waals surface area contributed by atoms with Gasteiger partial charge in [-0.1, -0.05) is 23.2 Å². The van der Waals surface area contributed by atoms with Crippen LogP contribution in [0, 0.1) is 0 Å². The Morgan fingerprint density at radius 1 is 0.905 bits per heavy atom. The average molecular weight is 323 g/mol. The normalized spacial score (nSPS) is 10.0. The van der Waals surface area contributed by atoms with E-state index in [1.807, 2.05) is 0 Å². The van der Waals surface area contributed by atoms with Gasteiger partial charge in [-0.25, -0.2) is 0 Å². The van der Waals surface area contributed by atoms with E-state index in [-0.39, 0.29) is 11.7 Å². The number of amides is 1. The van der Waals surface area contributed by atoms with Gasteiger partial charge in [0.2, 0.25) is 0 Å². The quantitative estimate of drug-likeness (QED) is 0.661. The minimum atomic E-state index is -0.343. The molecule has 0 atom stereocenters. The fourth-order valence-electron chi connectivity index (χ4n) is 1.63. The Kier molecular flexibility index (Phi) is 4.83. The Morgan fingerprint density at radius 2 is 1.52 bits per heavy atom. The van der Waals surface area contributed by atoms with Crippen LogP contribution in [0.25, 0.3) is 0 Å². The number of hydrazine groups is 1. The van der Waals surface area contributed by atoms with Gasteiger partial charge in [0.15, 0.2) is 5.78 Å². The number of carbonyl (C=O) groups excluding carboxylic acids is 2. The molecule has 0 aliphatic carbocycles. The second-order valence-electron chi connectivity index (χ2n) is 4.34. The van der Waals surface area contributed by atoms with Crippen LogP contribution in [0.4, 0.5) is 5.69 Å². The first kappa shape index (κ1) is 15.4. The first-order valence-electron chi connectivity index (χ1n) is 6.10. The Bertz CT molecular complexity index is 685. The van der Waals surface area contributed by atoms with E-state index in [1.54, 1.807) is 36.4 Å². The molecule has 6 heteroatoms. The molecule has 2 aromatic carbocycles. The predicted octanol–water partition coefficient (Wildman–Crippen LogP) is 3.95. The highest BCUT2D eigenvalue weighted by atomic mass is 35.5. The van der Waals surface area contributed by atoms with Gasteiger partial charge in [0, 0.05) is 11.1 Å². The van der Waals surface area contributed by atoms with Crippen molar-refractivity contribution in [2.45, 2.75) is 6.92 Å². The van der Waals surface area contributed by atoms with Crippen LogP contribution in [-0.4, -0.2) is 11.7 Å². The summed E-state index contributed by atoms with van der Waals surface area (Å²) in [7, 11) is 0. The Balaban J connectivity index is 2.00. The summed E-state index contributed by atoms with van der Waals surface area (Å²) in [5, 5.41) is 0.705. The molecule has 21 heavy (non-hydrogen) atoms. The third-order valence-electron chi connectivity index (χ3n) is 2.79. The van der Waals surface area contributed by atoms with Gasteiger partial charge in [0.1, 0.15) is 0 Å². The highest BCUT2D eigenvalue weighted by Gasteiger charge is 2.07. The molecule has 4 nitrogen and oxygen atoms in total. The van der Waals surface area contributed by atoms with E-state index < -0.39 is 0 Å². The number of anilines is 1. The van der Waals surface area contributed by atoms with Gasteiger partial charge < -0.3 is 0 Å². The summed E-state index contributed by atoms with van der Waals surface area (Å²) < 4.78 is 0. The molecule has 0 aliphatic heterocycles. The largest absolute Gasteiger partial charge is 0.298 e. The van der Waals surface area contributed by atoms with Crippen LogP contribution in [0.15, 0.2) is 42.5 Å². The topological polar surface area (TPSA) is 58.2 Å². The Labute approximate surface area is 132 Å². The minimum absolute atomic E-state index is 0.0126. The van der Waals surface area contributed by atoms with Gasteiger partial charge in [0.25, 0.3) is 5.91 Å². The highest BCUT2D eigenvalue weighted by molar-refractivity contribution is 6.42. The standard InChI is InChI=1S/C15H12Cl2N2O2/c1-9(20)10-2-5-12(6-3-10)18-19-15(21)11-4-7-13(16)14(17)8-11/h2-8,18H,1H3,(H,19,21). The maximum Gasteiger partial charge on any atom is 0.269 e. The van der Waals surface area contributed by atoms with E-state index in [0.29, 0.717) is 26.9 Å². The zero-order valence-electron chi connectivity index (χ0n) is 11.1. The van der Waals surface area contributed by atoms with Crippen LogP contribution in [0.5, 0.6) is 0 Å². The molecule has 0 spiro atoms. The van der Waals surface area contributed by atoms with E-state index in [4.69, 9.17) is 23.2 Å². The van der Waals surface area contributed by atoms with Crippen molar-refractivity contribution in [2.75, 3.05) is 5.43 Å². The van der Waals surface area contributed by atoms with Crippen molar-refractivity contribution in [3.8, 4) is 0 Å². The molecule has 0 fully saturated rings. The molecule has 108 valence electrons. The first-order valence-corrected chi connectivity index (χ1v) is 6.85. The summed E-state index contributed by atoms with van der Waals surface area (Å²) in [6.45, 7) is 1.49. The molecule has 0 saturated carbocycles. The molecule has 0 heterocycles. The lowest BCUT2D eigenvalue weighted by molar-refractivity contribution is 0.0961. The molecule has 0 radical (unpaired) electrons. The van der Waals surface area contributed by atoms with Crippen LogP contribution in [-0.2, 0) is 0 Å². The molecular weight excluding hydrogens is 311 g/mol. The molecule has 2 N–H and O–H groups in total. The summed E-state index contributed by atoms with van der Waals surface area (Å²) >= 11 is 11.6. The number of rotatable bonds is 4. The fourth-order valence-corrected chi connectivity index (χ4v) is 1.92. The van der Waals surface area contributed by atoms with E-state index in [1.165, 1.54) is 13.0 Å². The van der Waals surface area contributed by atoms with Gasteiger partial charge in [-0.15, -0.1) is 0 Å². The minimum Gasteiger partial charge on any atom is -0.298 e. The average Bonchev–Trinajstić information content (AvgIpc) is 2.48. The second-order valence-corrected chi connectivity index (χ2v) is 5.16. The lowest BCUT2D eigenvalue weighted by Gasteiger charge is -2.09. The van der Waals surface area contributed by atoms with Crippen LogP contribution in [0.3, 0.4) is 0 Å². The van der Waals surface area contributed by atoms with Crippen molar-refractivity contribution in [2.24, 2.45) is 0 Å². The molecule has 1 amide bonds. The third-order valence-corrected chi connectivity index (χ3v) is 3.53. The number of hydrogen-bond acceptors (Lipinski definition) is 3. The lowest BCUT2D eigenvalue weighted by Crippen LogP contribution is -2.29. The van der Waals surface area contributed by atoms with E-state index >= 15 is 0 Å². The van der Waals surface area contributed by atoms with E-state index in [0.717, 1.165) is 0 Å². The monoisotopic (exact) mass is 322 g/mol. The van der Waals surface area contributed by atoms with Crippen molar-refractivity contribution < 1.29 is 9.59 Å². The molecule has 0 saturated heterocycles. The van der Waals surface area contributed by atoms with Gasteiger partial charge in [-0.2, -0.15) is 0 Å². The van der Waals surface area contributed by atoms with Crippen molar-refractivity contribution in [3.63, 3.8) is 0 Å². The number of hydrogen-bond donors (Lipinski definition) is 2. The van der Waals surface area contributed by atoms with E-state index in [2.05, 4.69) is 10.9 Å². The van der Waals surface area contributed by atoms with Crippen LogP contribution in [0.2, 0.25) is 10.0 Å². The zero-order valence-corrected chi connectivity index (χ0v) is 12.6. The first-order chi connectivity index (χ1) is 9.97. The maximum atomic E-state index is 11.9. The van der Waals surface area contributed by atoms with Gasteiger partial charge in [0.05, 0.1) is 15.7 Å². The molecule has 2 aromatic rings. The number of Topliss-reactive ketones (excluding diaryl/α,β-unsaturated/α-hetero) is 1. The molecule has 0 aliphatic rings. The van der Waals surface area contributed by atoms with Crippen molar-refractivity contribution >= 4 is 40.6 Å². The summed E-state index contributed by atoms with van der Waals surface area (Å²) in [5.74, 6) is -0.356. The second kappa shape index (κ2) is 6.61. The van der Waals surface area contributed by atoms with E-state index in [9.17, 15) is 9.59 Å². The smallest absolute Gasteiger partial charge is 0.269 e. The summed E-state index contributed by atoms with van der Waals surface area (Å²) in [4.78, 5) is 23.1. The summed E-state index contributed by atoms with van der Waals surface area (Å²) in [6, 6.07) is 11.4. The molecule has 0 bridgehead atoms. The fraction of sp³-hybridized carbons (Fsp3) is 0.0667.